The highest BCUT2D eigenvalue weighted by molar-refractivity contribution is 8.13. The SMILES string of the molecule is Cc1cc(C)cc(Cn2cc(S(=O)(=O)Cl)nc2C)c1. The number of hydrogen-bond donors (Lipinski definition) is 0. The Hall–Kier alpha value is -1.33. The third-order valence-electron chi connectivity index (χ3n) is 2.84. The lowest BCUT2D eigenvalue weighted by atomic mass is 10.1. The fourth-order valence-corrected chi connectivity index (χ4v) is 2.83. The third kappa shape index (κ3) is 3.36. The number of halogens is 1. The largest absolute Gasteiger partial charge is 0.329 e. The van der Waals surface area contributed by atoms with Crippen molar-refractivity contribution in [2.24, 2.45) is 0 Å². The molecule has 0 amide bonds. The Bertz CT molecular complexity index is 700. The van der Waals surface area contributed by atoms with E-state index in [0.717, 1.165) is 5.56 Å². The molecule has 4 nitrogen and oxygen atoms in total. The summed E-state index contributed by atoms with van der Waals surface area (Å²) >= 11 is 0. The van der Waals surface area contributed by atoms with Crippen molar-refractivity contribution in [3.8, 4) is 0 Å². The molecule has 6 heteroatoms. The van der Waals surface area contributed by atoms with E-state index in [1.807, 2.05) is 13.8 Å². The van der Waals surface area contributed by atoms with Crippen LogP contribution < -0.4 is 0 Å². The molecule has 2 rings (SSSR count). The molecule has 0 unspecified atom stereocenters. The lowest BCUT2D eigenvalue weighted by molar-refractivity contribution is 0.606. The number of rotatable bonds is 3. The Morgan fingerprint density at radius 3 is 2.21 bits per heavy atom. The highest BCUT2D eigenvalue weighted by atomic mass is 35.7. The molecular weight excluding hydrogens is 284 g/mol. The second-order valence-corrected chi connectivity index (χ2v) is 7.20. The van der Waals surface area contributed by atoms with Crippen LogP contribution >= 0.6 is 10.7 Å². The van der Waals surface area contributed by atoms with Crippen LogP contribution in [-0.2, 0) is 15.6 Å². The second kappa shape index (κ2) is 4.98. The van der Waals surface area contributed by atoms with Crippen LogP contribution in [0.2, 0.25) is 0 Å². The first-order valence-corrected chi connectivity index (χ1v) is 8.12. The van der Waals surface area contributed by atoms with E-state index in [2.05, 4.69) is 23.2 Å². The first-order chi connectivity index (χ1) is 8.75. The molecule has 0 saturated carbocycles. The van der Waals surface area contributed by atoms with Crippen LogP contribution in [0.25, 0.3) is 0 Å². The molecule has 1 aromatic carbocycles. The molecule has 0 aliphatic heterocycles. The molecule has 0 bridgehead atoms. The molecule has 0 saturated heterocycles. The summed E-state index contributed by atoms with van der Waals surface area (Å²) in [5.41, 5.74) is 3.47. The normalized spacial score (nSPS) is 11.8. The number of imidazole rings is 1. The van der Waals surface area contributed by atoms with Crippen LogP contribution in [0.4, 0.5) is 0 Å². The predicted molar refractivity (Wildman–Crippen MR) is 75.0 cm³/mol. The Morgan fingerprint density at radius 1 is 1.16 bits per heavy atom. The lowest BCUT2D eigenvalue weighted by Gasteiger charge is -2.07. The molecule has 0 fully saturated rings. The van der Waals surface area contributed by atoms with E-state index >= 15 is 0 Å². The van der Waals surface area contributed by atoms with Crippen LogP contribution in [0.3, 0.4) is 0 Å². The van der Waals surface area contributed by atoms with Gasteiger partial charge in [-0.15, -0.1) is 0 Å². The van der Waals surface area contributed by atoms with Gasteiger partial charge in [0.05, 0.1) is 0 Å². The van der Waals surface area contributed by atoms with Gasteiger partial charge in [-0.05, 0) is 26.3 Å². The average Bonchev–Trinajstić information content (AvgIpc) is 2.58. The maximum atomic E-state index is 11.2. The first-order valence-electron chi connectivity index (χ1n) is 5.81. The number of benzene rings is 1. The van der Waals surface area contributed by atoms with Gasteiger partial charge in [0.2, 0.25) is 0 Å². The summed E-state index contributed by atoms with van der Waals surface area (Å²) in [7, 11) is 1.52. The van der Waals surface area contributed by atoms with Crippen molar-refractivity contribution in [2.45, 2.75) is 32.3 Å². The molecule has 0 aliphatic rings. The van der Waals surface area contributed by atoms with Crippen molar-refractivity contribution >= 4 is 19.7 Å². The van der Waals surface area contributed by atoms with Crippen LogP contribution in [0.1, 0.15) is 22.5 Å². The Morgan fingerprint density at radius 2 is 1.74 bits per heavy atom. The van der Waals surface area contributed by atoms with Gasteiger partial charge in [-0.2, -0.15) is 0 Å². The molecule has 0 aliphatic carbocycles. The molecule has 19 heavy (non-hydrogen) atoms. The van der Waals surface area contributed by atoms with Gasteiger partial charge in [-0.3, -0.25) is 0 Å². The van der Waals surface area contributed by atoms with Crippen LogP contribution in [0.15, 0.2) is 29.4 Å². The van der Waals surface area contributed by atoms with Gasteiger partial charge in [0, 0.05) is 23.4 Å². The second-order valence-electron chi connectivity index (χ2n) is 4.69. The standard InChI is InChI=1S/C13H15ClN2O2S/c1-9-4-10(2)6-12(5-9)7-16-8-13(15-11(16)3)19(14,17)18/h4-6,8H,7H2,1-3H3. The van der Waals surface area contributed by atoms with E-state index in [1.54, 1.807) is 11.5 Å². The molecular formula is C13H15ClN2O2S. The zero-order valence-electron chi connectivity index (χ0n) is 11.0. The van der Waals surface area contributed by atoms with E-state index < -0.39 is 9.05 Å². The van der Waals surface area contributed by atoms with Crippen molar-refractivity contribution in [2.75, 3.05) is 0 Å². The highest BCUT2D eigenvalue weighted by Crippen LogP contribution is 2.16. The minimum absolute atomic E-state index is 0.101. The topological polar surface area (TPSA) is 52.0 Å². The van der Waals surface area contributed by atoms with Gasteiger partial charge in [0.1, 0.15) is 5.82 Å². The van der Waals surface area contributed by atoms with Crippen molar-refractivity contribution in [3.05, 3.63) is 46.9 Å². The van der Waals surface area contributed by atoms with Gasteiger partial charge >= 0.3 is 0 Å². The summed E-state index contributed by atoms with van der Waals surface area (Å²) in [5.74, 6) is 0.624. The molecule has 0 N–H and O–H groups in total. The van der Waals surface area contributed by atoms with Crippen molar-refractivity contribution in [3.63, 3.8) is 0 Å². The minimum Gasteiger partial charge on any atom is -0.329 e. The summed E-state index contributed by atoms with van der Waals surface area (Å²) in [6, 6.07) is 6.24. The maximum absolute atomic E-state index is 11.2. The summed E-state index contributed by atoms with van der Waals surface area (Å²) < 4.78 is 24.3. The molecule has 0 atom stereocenters. The van der Waals surface area contributed by atoms with Gasteiger partial charge in [-0.1, -0.05) is 29.3 Å². The smallest absolute Gasteiger partial charge is 0.280 e. The van der Waals surface area contributed by atoms with E-state index in [1.165, 1.54) is 17.3 Å². The summed E-state index contributed by atoms with van der Waals surface area (Å²) in [5, 5.41) is -0.101. The molecule has 0 radical (unpaired) electrons. The fourth-order valence-electron chi connectivity index (χ4n) is 2.11. The zero-order valence-corrected chi connectivity index (χ0v) is 12.6. The van der Waals surface area contributed by atoms with Gasteiger partial charge in [0.15, 0.2) is 5.03 Å². The predicted octanol–water partition coefficient (Wildman–Crippen LogP) is 2.78. The summed E-state index contributed by atoms with van der Waals surface area (Å²) in [6.45, 7) is 6.40. The van der Waals surface area contributed by atoms with Crippen LogP contribution in [0.5, 0.6) is 0 Å². The van der Waals surface area contributed by atoms with Crippen LogP contribution in [0, 0.1) is 20.8 Å². The summed E-state index contributed by atoms with van der Waals surface area (Å²) in [4.78, 5) is 3.97. The quantitative estimate of drug-likeness (QED) is 0.819. The van der Waals surface area contributed by atoms with E-state index in [9.17, 15) is 8.42 Å². The Balaban J connectivity index is 2.36. The van der Waals surface area contributed by atoms with E-state index in [0.29, 0.717) is 12.4 Å². The van der Waals surface area contributed by atoms with E-state index in [-0.39, 0.29) is 5.03 Å². The van der Waals surface area contributed by atoms with Crippen molar-refractivity contribution in [1.82, 2.24) is 9.55 Å². The lowest BCUT2D eigenvalue weighted by Crippen LogP contribution is -2.01. The Labute approximate surface area is 117 Å². The fraction of sp³-hybridized carbons (Fsp3) is 0.308. The Kier molecular flexibility index (Phi) is 3.69. The molecule has 1 aromatic heterocycles. The number of aromatic nitrogens is 2. The molecule has 1 heterocycles. The average molecular weight is 299 g/mol. The van der Waals surface area contributed by atoms with Crippen molar-refractivity contribution < 1.29 is 8.42 Å². The number of nitrogens with zero attached hydrogens (tertiary/aromatic N) is 2. The highest BCUT2D eigenvalue weighted by Gasteiger charge is 2.16. The number of hydrogen-bond acceptors (Lipinski definition) is 3. The van der Waals surface area contributed by atoms with Gasteiger partial charge in [-0.25, -0.2) is 13.4 Å². The summed E-state index contributed by atoms with van der Waals surface area (Å²) in [6.07, 6.45) is 1.47. The maximum Gasteiger partial charge on any atom is 0.280 e. The number of aryl methyl sites for hydroxylation is 3. The molecule has 102 valence electrons. The first kappa shape index (κ1) is 14.1. The third-order valence-corrected chi connectivity index (χ3v) is 4.01. The van der Waals surface area contributed by atoms with E-state index in [4.69, 9.17) is 10.7 Å². The van der Waals surface area contributed by atoms with Crippen LogP contribution in [-0.4, -0.2) is 18.0 Å². The van der Waals surface area contributed by atoms with Gasteiger partial charge in [0.25, 0.3) is 9.05 Å². The molecule has 2 aromatic rings. The zero-order chi connectivity index (χ0) is 14.2. The monoisotopic (exact) mass is 298 g/mol. The molecule has 0 spiro atoms. The van der Waals surface area contributed by atoms with Crippen molar-refractivity contribution in [1.29, 1.82) is 0 Å². The van der Waals surface area contributed by atoms with Gasteiger partial charge < -0.3 is 4.57 Å². The minimum atomic E-state index is -3.77.